The Balaban J connectivity index is 2.59. The average molecular weight is 209 g/mol. The highest BCUT2D eigenvalue weighted by Gasteiger charge is 2.10. The van der Waals surface area contributed by atoms with Crippen molar-refractivity contribution in [2.75, 3.05) is 0 Å². The van der Waals surface area contributed by atoms with Gasteiger partial charge in [-0.1, -0.05) is 37.1 Å². The first-order valence-electron chi connectivity index (χ1n) is 4.57. The van der Waals surface area contributed by atoms with Gasteiger partial charge in [-0.05, 0) is 36.1 Å². The summed E-state index contributed by atoms with van der Waals surface area (Å²) >= 11 is -1.97. The second-order valence-electron chi connectivity index (χ2n) is 3.47. The van der Waals surface area contributed by atoms with E-state index in [0.717, 1.165) is 5.56 Å². The fourth-order valence-electron chi connectivity index (χ4n) is 1.38. The van der Waals surface area contributed by atoms with Crippen molar-refractivity contribution < 1.29 is 8.76 Å². The van der Waals surface area contributed by atoms with E-state index in [-0.39, 0.29) is 11.2 Å². The van der Waals surface area contributed by atoms with Gasteiger partial charge in [-0.3, -0.25) is 4.21 Å². The van der Waals surface area contributed by atoms with Crippen LogP contribution in [-0.4, -0.2) is 14.0 Å². The van der Waals surface area contributed by atoms with Crippen LogP contribution in [-0.2, 0) is 11.1 Å². The number of hydrogen-bond acceptors (Lipinski definition) is 2. The zero-order chi connectivity index (χ0) is 10.6. The SMILES string of the molecule is CC(CC(C)S(=O)[O-])c1cc#ccc1. The minimum absolute atomic E-state index is 0.244. The fourth-order valence-corrected chi connectivity index (χ4v) is 1.82. The maximum atomic E-state index is 10.7. The molecule has 0 aliphatic rings. The maximum absolute atomic E-state index is 10.7. The second kappa shape index (κ2) is 5.14. The molecule has 0 saturated heterocycles. The van der Waals surface area contributed by atoms with Crippen molar-refractivity contribution in [3.05, 3.63) is 35.9 Å². The third-order valence-electron chi connectivity index (χ3n) is 2.26. The molecule has 0 fully saturated rings. The predicted octanol–water partition coefficient (Wildman–Crippen LogP) is 2.05. The Morgan fingerprint density at radius 3 is 2.71 bits per heavy atom. The van der Waals surface area contributed by atoms with Gasteiger partial charge in [-0.15, -0.1) is 0 Å². The van der Waals surface area contributed by atoms with Crippen molar-refractivity contribution >= 4 is 11.1 Å². The molecular weight excluding hydrogens is 196 g/mol. The number of hydrogen-bond donors (Lipinski definition) is 0. The zero-order valence-corrected chi connectivity index (χ0v) is 9.14. The minimum Gasteiger partial charge on any atom is -0.772 e. The lowest BCUT2D eigenvalue weighted by molar-refractivity contribution is 0.513. The van der Waals surface area contributed by atoms with Crippen LogP contribution in [0.1, 0.15) is 31.7 Å². The molecule has 0 spiro atoms. The summed E-state index contributed by atoms with van der Waals surface area (Å²) in [6.45, 7) is 3.74. The largest absolute Gasteiger partial charge is 0.772 e. The summed E-state index contributed by atoms with van der Waals surface area (Å²) < 4.78 is 21.3. The van der Waals surface area contributed by atoms with Gasteiger partial charge in [-0.25, -0.2) is 0 Å². The van der Waals surface area contributed by atoms with E-state index in [1.807, 2.05) is 19.1 Å². The molecule has 0 heterocycles. The Kier molecular flexibility index (Phi) is 4.12. The second-order valence-corrected chi connectivity index (χ2v) is 4.80. The highest BCUT2D eigenvalue weighted by Crippen LogP contribution is 2.20. The van der Waals surface area contributed by atoms with Crippen LogP contribution in [0.3, 0.4) is 0 Å². The van der Waals surface area contributed by atoms with E-state index < -0.39 is 11.1 Å². The summed E-state index contributed by atoms with van der Waals surface area (Å²) in [5.74, 6) is 0.244. The normalized spacial score (nSPS) is 16.8. The lowest BCUT2D eigenvalue weighted by atomic mass is 9.97. The average Bonchev–Trinajstić information content (AvgIpc) is 2.19. The van der Waals surface area contributed by atoms with Gasteiger partial charge >= 0.3 is 0 Å². The Hall–Kier alpha value is -0.850. The van der Waals surface area contributed by atoms with E-state index >= 15 is 0 Å². The third-order valence-corrected chi connectivity index (χ3v) is 3.11. The van der Waals surface area contributed by atoms with Crippen LogP contribution in [0.25, 0.3) is 0 Å². The molecule has 3 atom stereocenters. The van der Waals surface area contributed by atoms with Crippen molar-refractivity contribution in [1.29, 1.82) is 0 Å². The maximum Gasteiger partial charge on any atom is 0.0193 e. The number of rotatable bonds is 4. The minimum atomic E-state index is -1.97. The first-order chi connectivity index (χ1) is 6.61. The molecule has 0 aliphatic heterocycles. The van der Waals surface area contributed by atoms with Gasteiger partial charge in [0.2, 0.25) is 0 Å². The molecule has 1 rings (SSSR count). The van der Waals surface area contributed by atoms with Gasteiger partial charge in [0.15, 0.2) is 0 Å². The third kappa shape index (κ3) is 3.13. The van der Waals surface area contributed by atoms with Crippen LogP contribution >= 0.6 is 0 Å². The summed E-state index contributed by atoms with van der Waals surface area (Å²) in [4.78, 5) is 0. The highest BCUT2D eigenvalue weighted by atomic mass is 32.2. The first-order valence-corrected chi connectivity index (χ1v) is 5.71. The summed E-state index contributed by atoms with van der Waals surface area (Å²) in [7, 11) is 0. The molecular formula is C11H13O2S-. The predicted molar refractivity (Wildman–Crippen MR) is 55.5 cm³/mol. The van der Waals surface area contributed by atoms with Crippen LogP contribution in [0.5, 0.6) is 0 Å². The molecule has 3 heteroatoms. The lowest BCUT2D eigenvalue weighted by Crippen LogP contribution is -2.13. The summed E-state index contributed by atoms with van der Waals surface area (Å²) in [5.41, 5.74) is 1.11. The van der Waals surface area contributed by atoms with Crippen molar-refractivity contribution in [2.45, 2.75) is 31.4 Å². The van der Waals surface area contributed by atoms with Crippen LogP contribution in [0.15, 0.2) is 18.2 Å². The van der Waals surface area contributed by atoms with Crippen LogP contribution in [0.2, 0.25) is 0 Å². The molecule has 0 N–H and O–H groups in total. The van der Waals surface area contributed by atoms with Crippen molar-refractivity contribution in [2.24, 2.45) is 0 Å². The Labute approximate surface area is 87.6 Å². The topological polar surface area (TPSA) is 40.1 Å². The lowest BCUT2D eigenvalue weighted by Gasteiger charge is -2.19. The van der Waals surface area contributed by atoms with Gasteiger partial charge in [-0.2, -0.15) is 0 Å². The molecule has 14 heavy (non-hydrogen) atoms. The first kappa shape index (κ1) is 11.2. The van der Waals surface area contributed by atoms with Gasteiger partial charge in [0, 0.05) is 5.25 Å². The van der Waals surface area contributed by atoms with Gasteiger partial charge in [0.1, 0.15) is 0 Å². The van der Waals surface area contributed by atoms with Crippen LogP contribution in [0.4, 0.5) is 0 Å². The van der Waals surface area contributed by atoms with Gasteiger partial charge in [0.05, 0.1) is 0 Å². The van der Waals surface area contributed by atoms with Crippen LogP contribution < -0.4 is 0 Å². The molecule has 0 aromatic heterocycles. The van der Waals surface area contributed by atoms with Gasteiger partial charge < -0.3 is 4.55 Å². The van der Waals surface area contributed by atoms with Crippen molar-refractivity contribution in [1.82, 2.24) is 0 Å². The Morgan fingerprint density at radius 2 is 2.21 bits per heavy atom. The van der Waals surface area contributed by atoms with E-state index in [2.05, 4.69) is 12.1 Å². The molecule has 0 amide bonds. The molecule has 0 bridgehead atoms. The summed E-state index contributed by atoms with van der Waals surface area (Å²) in [6, 6.07) is 11.3. The van der Waals surface area contributed by atoms with Crippen molar-refractivity contribution in [3.8, 4) is 0 Å². The summed E-state index contributed by atoms with van der Waals surface area (Å²) in [5, 5.41) is -0.297. The quantitative estimate of drug-likeness (QED) is 0.712. The van der Waals surface area contributed by atoms with E-state index in [4.69, 9.17) is 0 Å². The Morgan fingerprint density at radius 1 is 1.50 bits per heavy atom. The molecule has 0 radical (unpaired) electrons. The van der Waals surface area contributed by atoms with Crippen LogP contribution in [0, 0.1) is 12.1 Å². The molecule has 0 saturated carbocycles. The molecule has 3 unspecified atom stereocenters. The van der Waals surface area contributed by atoms with E-state index in [0.29, 0.717) is 6.42 Å². The zero-order valence-electron chi connectivity index (χ0n) is 8.32. The van der Waals surface area contributed by atoms with Gasteiger partial charge in [0.25, 0.3) is 0 Å². The molecule has 1 aromatic rings. The van der Waals surface area contributed by atoms with Crippen molar-refractivity contribution in [3.63, 3.8) is 0 Å². The van der Waals surface area contributed by atoms with E-state index in [1.165, 1.54) is 0 Å². The monoisotopic (exact) mass is 209 g/mol. The highest BCUT2D eigenvalue weighted by molar-refractivity contribution is 7.79. The molecule has 1 aromatic carbocycles. The standard InChI is InChI=1S/C11H14O2S/c1-9(8-10(2)14(12)13)11-6-4-3-5-7-11/h4,6-7,9-10H,8H2,1-2H3,(H,12,13)/p-1. The van der Waals surface area contributed by atoms with E-state index in [1.54, 1.807) is 13.0 Å². The molecule has 2 nitrogen and oxygen atoms in total. The fraction of sp³-hybridized carbons (Fsp3) is 0.455. The smallest absolute Gasteiger partial charge is 0.0193 e. The summed E-state index contributed by atoms with van der Waals surface area (Å²) in [6.07, 6.45) is 0.647. The Bertz CT molecular complexity index is 297. The molecule has 76 valence electrons. The van der Waals surface area contributed by atoms with E-state index in [9.17, 15) is 8.76 Å². The molecule has 0 aliphatic carbocycles.